The zero-order valence-corrected chi connectivity index (χ0v) is 20.7. The number of carbonyl (C=O) groups is 1. The lowest BCUT2D eigenvalue weighted by Gasteiger charge is -2.20. The molecule has 0 aliphatic carbocycles. The van der Waals surface area contributed by atoms with Crippen molar-refractivity contribution < 1.29 is 9.53 Å². The molecule has 0 radical (unpaired) electrons. The van der Waals surface area contributed by atoms with E-state index in [2.05, 4.69) is 15.9 Å². The second-order valence-electron chi connectivity index (χ2n) is 7.03. The van der Waals surface area contributed by atoms with Gasteiger partial charge in [0, 0.05) is 16.4 Å². The summed E-state index contributed by atoms with van der Waals surface area (Å²) in [6, 6.07) is 17.2. The molecule has 1 fully saturated rings. The summed E-state index contributed by atoms with van der Waals surface area (Å²) < 4.78 is 9.08. The first-order valence-corrected chi connectivity index (χ1v) is 11.8. The molecule has 0 bridgehead atoms. The highest BCUT2D eigenvalue weighted by Crippen LogP contribution is 2.34. The number of nitrogens with zero attached hydrogens (tertiary/aromatic N) is 2. The van der Waals surface area contributed by atoms with Gasteiger partial charge in [-0.05, 0) is 95.6 Å². The third-order valence-electron chi connectivity index (χ3n) is 4.77. The molecule has 1 aliphatic heterocycles. The van der Waals surface area contributed by atoms with Crippen LogP contribution in [0.3, 0.4) is 0 Å². The number of hydrogen-bond donors (Lipinski definition) is 0. The predicted molar refractivity (Wildman–Crippen MR) is 135 cm³/mol. The molecule has 4 rings (SSSR count). The Bertz CT molecular complexity index is 1190. The van der Waals surface area contributed by atoms with Gasteiger partial charge in [-0.1, -0.05) is 41.6 Å². The minimum atomic E-state index is -0.128. The summed E-state index contributed by atoms with van der Waals surface area (Å²) in [5.41, 5.74) is 3.83. The highest BCUT2D eigenvalue weighted by Gasteiger charge is 2.34. The Morgan fingerprint density at radius 3 is 2.42 bits per heavy atom. The number of ether oxygens (including phenoxy) is 1. The summed E-state index contributed by atoms with van der Waals surface area (Å²) >= 11 is 16.3. The Morgan fingerprint density at radius 1 is 1.10 bits per heavy atom. The normalized spacial score (nSPS) is 15.2. The Kier molecular flexibility index (Phi) is 6.57. The maximum Gasteiger partial charge on any atom is 0.285 e. The highest BCUT2D eigenvalue weighted by atomic mass is 79.9. The number of benzene rings is 2. The van der Waals surface area contributed by atoms with Crippen molar-refractivity contribution in [2.75, 3.05) is 5.01 Å². The van der Waals surface area contributed by atoms with Crippen molar-refractivity contribution in [1.82, 2.24) is 4.68 Å². The molecule has 1 aliphatic rings. The third kappa shape index (κ3) is 4.75. The van der Waals surface area contributed by atoms with Crippen molar-refractivity contribution in [2.24, 2.45) is 0 Å². The SMILES string of the molecule is Cc1ccc(C)n1N1C(=O)/C(=C\c2ccc(OCc3ccc(Cl)cc3)c(Br)c2)SC1=S. The molecular formula is C23H18BrClN2O2S2. The van der Waals surface area contributed by atoms with E-state index >= 15 is 0 Å². The zero-order chi connectivity index (χ0) is 22.1. The first-order chi connectivity index (χ1) is 14.8. The van der Waals surface area contributed by atoms with Gasteiger partial charge in [-0.3, -0.25) is 9.47 Å². The van der Waals surface area contributed by atoms with Crippen LogP contribution in [0.2, 0.25) is 5.02 Å². The van der Waals surface area contributed by atoms with Crippen molar-refractivity contribution in [1.29, 1.82) is 0 Å². The topological polar surface area (TPSA) is 34.5 Å². The van der Waals surface area contributed by atoms with Crippen LogP contribution >= 0.6 is 51.5 Å². The van der Waals surface area contributed by atoms with E-state index in [1.807, 2.05) is 79.2 Å². The van der Waals surface area contributed by atoms with Gasteiger partial charge in [0.25, 0.3) is 5.91 Å². The lowest BCUT2D eigenvalue weighted by Crippen LogP contribution is -2.39. The molecule has 2 aromatic carbocycles. The van der Waals surface area contributed by atoms with E-state index in [-0.39, 0.29) is 5.91 Å². The standard InChI is InChI=1S/C23H18BrClN2O2S2/c1-14-3-4-15(2)26(14)27-22(28)21(31-23(27)30)12-17-7-10-20(19(24)11-17)29-13-16-5-8-18(25)9-6-16/h3-12H,13H2,1-2H3/b21-12+. The van der Waals surface area contributed by atoms with Crippen LogP contribution in [0.1, 0.15) is 22.5 Å². The molecule has 1 aromatic heterocycles. The second-order valence-corrected chi connectivity index (χ2v) is 9.99. The van der Waals surface area contributed by atoms with Gasteiger partial charge in [0.2, 0.25) is 0 Å². The van der Waals surface area contributed by atoms with Gasteiger partial charge in [0.15, 0.2) is 4.32 Å². The number of aromatic nitrogens is 1. The van der Waals surface area contributed by atoms with Crippen LogP contribution in [0.25, 0.3) is 6.08 Å². The zero-order valence-electron chi connectivity index (χ0n) is 16.8. The smallest absolute Gasteiger partial charge is 0.285 e. The fraction of sp³-hybridized carbons (Fsp3) is 0.130. The number of thiocarbonyl (C=S) groups is 1. The summed E-state index contributed by atoms with van der Waals surface area (Å²) in [5, 5.41) is 2.25. The molecule has 1 saturated heterocycles. The molecule has 8 heteroatoms. The molecule has 0 unspecified atom stereocenters. The minimum absolute atomic E-state index is 0.128. The number of hydrogen-bond acceptors (Lipinski definition) is 4. The van der Waals surface area contributed by atoms with Crippen LogP contribution in [-0.4, -0.2) is 14.9 Å². The summed E-state index contributed by atoms with van der Waals surface area (Å²) in [4.78, 5) is 13.6. The van der Waals surface area contributed by atoms with Crippen molar-refractivity contribution in [3.8, 4) is 5.75 Å². The van der Waals surface area contributed by atoms with E-state index in [0.29, 0.717) is 20.9 Å². The van der Waals surface area contributed by atoms with Gasteiger partial charge in [-0.2, -0.15) is 5.01 Å². The molecule has 31 heavy (non-hydrogen) atoms. The molecule has 158 valence electrons. The van der Waals surface area contributed by atoms with Crippen LogP contribution < -0.4 is 9.75 Å². The number of rotatable bonds is 5. The molecule has 1 amide bonds. The van der Waals surface area contributed by atoms with Crippen molar-refractivity contribution >= 4 is 67.8 Å². The van der Waals surface area contributed by atoms with Crippen molar-refractivity contribution in [2.45, 2.75) is 20.5 Å². The van der Waals surface area contributed by atoms with Crippen LogP contribution in [0.5, 0.6) is 5.75 Å². The molecule has 0 N–H and O–H groups in total. The van der Waals surface area contributed by atoms with Crippen LogP contribution in [-0.2, 0) is 11.4 Å². The second kappa shape index (κ2) is 9.20. The van der Waals surface area contributed by atoms with Gasteiger partial charge in [0.05, 0.1) is 9.38 Å². The molecule has 0 spiro atoms. The van der Waals surface area contributed by atoms with E-state index < -0.39 is 0 Å². The van der Waals surface area contributed by atoms with Gasteiger partial charge >= 0.3 is 0 Å². The average molecular weight is 534 g/mol. The molecule has 3 aromatic rings. The quantitative estimate of drug-likeness (QED) is 0.272. The maximum atomic E-state index is 13.0. The lowest BCUT2D eigenvalue weighted by atomic mass is 10.2. The largest absolute Gasteiger partial charge is 0.488 e. The summed E-state index contributed by atoms with van der Waals surface area (Å²) in [7, 11) is 0. The number of amides is 1. The number of thioether (sulfide) groups is 1. The van der Waals surface area contributed by atoms with Crippen molar-refractivity contribution in [3.05, 3.63) is 91.5 Å². The number of aryl methyl sites for hydroxylation is 2. The average Bonchev–Trinajstić information content (AvgIpc) is 3.20. The first kappa shape index (κ1) is 22.1. The van der Waals surface area contributed by atoms with Crippen LogP contribution in [0, 0.1) is 13.8 Å². The van der Waals surface area contributed by atoms with Gasteiger partial charge < -0.3 is 4.74 Å². The summed E-state index contributed by atoms with van der Waals surface area (Å²) in [6.07, 6.45) is 1.85. The predicted octanol–water partition coefficient (Wildman–Crippen LogP) is 6.64. The molecular weight excluding hydrogens is 516 g/mol. The lowest BCUT2D eigenvalue weighted by molar-refractivity contribution is -0.114. The monoisotopic (exact) mass is 532 g/mol. The summed E-state index contributed by atoms with van der Waals surface area (Å²) in [6.45, 7) is 4.34. The Labute approximate surface area is 203 Å². The Morgan fingerprint density at radius 2 is 1.77 bits per heavy atom. The van der Waals surface area contributed by atoms with Gasteiger partial charge in [0.1, 0.15) is 12.4 Å². The molecule has 0 saturated carbocycles. The van der Waals surface area contributed by atoms with Crippen molar-refractivity contribution in [3.63, 3.8) is 0 Å². The van der Waals surface area contributed by atoms with E-state index in [1.165, 1.54) is 11.8 Å². The fourth-order valence-electron chi connectivity index (χ4n) is 3.22. The Hall–Kier alpha value is -2.06. The van der Waals surface area contributed by atoms with Gasteiger partial charge in [-0.25, -0.2) is 0 Å². The van der Waals surface area contributed by atoms with E-state index in [0.717, 1.165) is 32.7 Å². The van der Waals surface area contributed by atoms with E-state index in [4.69, 9.17) is 28.6 Å². The van der Waals surface area contributed by atoms with Crippen LogP contribution in [0.4, 0.5) is 0 Å². The fourth-order valence-corrected chi connectivity index (χ4v) is 5.10. The van der Waals surface area contributed by atoms with Gasteiger partial charge in [-0.15, -0.1) is 0 Å². The first-order valence-electron chi connectivity index (χ1n) is 9.43. The van der Waals surface area contributed by atoms with Crippen LogP contribution in [0.15, 0.2) is 64.0 Å². The Balaban J connectivity index is 1.51. The number of halogens is 2. The highest BCUT2D eigenvalue weighted by molar-refractivity contribution is 9.10. The number of carbonyl (C=O) groups excluding carboxylic acids is 1. The van der Waals surface area contributed by atoms with E-state index in [9.17, 15) is 4.79 Å². The summed E-state index contributed by atoms with van der Waals surface area (Å²) in [5.74, 6) is 0.592. The molecule has 4 nitrogen and oxygen atoms in total. The maximum absolute atomic E-state index is 13.0. The third-order valence-corrected chi connectivity index (χ3v) is 6.92. The van der Waals surface area contributed by atoms with E-state index in [1.54, 1.807) is 5.01 Å². The molecule has 2 heterocycles. The minimum Gasteiger partial charge on any atom is -0.488 e. The molecule has 0 atom stereocenters.